The average molecular weight is 525 g/mol. The minimum Gasteiger partial charge on any atom is -0.497 e. The maximum absolute atomic E-state index is 13.1. The SMILES string of the molecule is COc1ccc(NC(=O)c2ccc(Nc3nc4ccccc4nc3CS(=O)(=O)c3ccccc3)cc2)cc1. The largest absolute Gasteiger partial charge is 0.497 e. The Labute approximate surface area is 220 Å². The number of carbonyl (C=O) groups is 1. The number of para-hydroxylation sites is 2. The molecule has 0 atom stereocenters. The summed E-state index contributed by atoms with van der Waals surface area (Å²) in [7, 11) is -2.07. The molecule has 0 saturated heterocycles. The molecule has 190 valence electrons. The molecule has 0 radical (unpaired) electrons. The van der Waals surface area contributed by atoms with Gasteiger partial charge in [-0.05, 0) is 72.8 Å². The van der Waals surface area contributed by atoms with Gasteiger partial charge in [-0.2, -0.15) is 0 Å². The third-order valence-electron chi connectivity index (χ3n) is 5.83. The fourth-order valence-corrected chi connectivity index (χ4v) is 5.15. The molecule has 0 unspecified atom stereocenters. The monoisotopic (exact) mass is 524 g/mol. The van der Waals surface area contributed by atoms with E-state index < -0.39 is 9.84 Å². The fourth-order valence-electron chi connectivity index (χ4n) is 3.85. The highest BCUT2D eigenvalue weighted by atomic mass is 32.2. The molecule has 5 aromatic rings. The number of rotatable bonds is 8. The van der Waals surface area contributed by atoms with Crippen LogP contribution in [0.3, 0.4) is 0 Å². The van der Waals surface area contributed by atoms with Crippen molar-refractivity contribution in [1.29, 1.82) is 0 Å². The highest BCUT2D eigenvalue weighted by Crippen LogP contribution is 2.25. The second kappa shape index (κ2) is 10.7. The van der Waals surface area contributed by atoms with Crippen LogP contribution in [0.2, 0.25) is 0 Å². The number of methoxy groups -OCH3 is 1. The number of sulfone groups is 1. The molecule has 0 aliphatic heterocycles. The Morgan fingerprint density at radius 1 is 0.763 bits per heavy atom. The van der Waals surface area contributed by atoms with E-state index in [0.29, 0.717) is 45.2 Å². The molecule has 1 amide bonds. The predicted molar refractivity (Wildman–Crippen MR) is 148 cm³/mol. The Morgan fingerprint density at radius 2 is 1.37 bits per heavy atom. The van der Waals surface area contributed by atoms with E-state index >= 15 is 0 Å². The number of fused-ring (bicyclic) bond motifs is 1. The lowest BCUT2D eigenvalue weighted by atomic mass is 10.2. The molecule has 0 fully saturated rings. The summed E-state index contributed by atoms with van der Waals surface area (Å²) in [6.07, 6.45) is 0. The summed E-state index contributed by atoms with van der Waals surface area (Å²) in [5, 5.41) is 6.03. The number of nitrogens with one attached hydrogen (secondary N) is 2. The molecule has 9 heteroatoms. The number of benzene rings is 4. The van der Waals surface area contributed by atoms with Crippen LogP contribution in [0, 0.1) is 0 Å². The van der Waals surface area contributed by atoms with Crippen LogP contribution in [0.1, 0.15) is 16.1 Å². The second-order valence-electron chi connectivity index (χ2n) is 8.46. The van der Waals surface area contributed by atoms with E-state index in [4.69, 9.17) is 4.74 Å². The molecule has 38 heavy (non-hydrogen) atoms. The van der Waals surface area contributed by atoms with Crippen molar-refractivity contribution in [2.45, 2.75) is 10.6 Å². The van der Waals surface area contributed by atoms with Gasteiger partial charge in [0.2, 0.25) is 0 Å². The third kappa shape index (κ3) is 5.63. The molecule has 8 nitrogen and oxygen atoms in total. The zero-order chi connectivity index (χ0) is 26.5. The number of amides is 1. The first-order valence-corrected chi connectivity index (χ1v) is 13.4. The third-order valence-corrected chi connectivity index (χ3v) is 7.47. The van der Waals surface area contributed by atoms with Crippen LogP contribution in [0.15, 0.2) is 108 Å². The van der Waals surface area contributed by atoms with Gasteiger partial charge in [0.1, 0.15) is 11.5 Å². The summed E-state index contributed by atoms with van der Waals surface area (Å²) in [5.74, 6) is 0.450. The molecule has 4 aromatic carbocycles. The van der Waals surface area contributed by atoms with Crippen LogP contribution >= 0.6 is 0 Å². The van der Waals surface area contributed by atoms with E-state index in [1.54, 1.807) is 92.0 Å². The molecular weight excluding hydrogens is 500 g/mol. The van der Waals surface area contributed by atoms with E-state index in [1.807, 2.05) is 18.2 Å². The standard InChI is InChI=1S/C29H24N4O4S/c1-37-23-17-15-22(16-18-23)31-29(34)20-11-13-21(14-12-20)30-28-27(32-25-9-5-6-10-26(25)33-28)19-38(35,36)24-7-3-2-4-8-24/h2-18H,19H2,1H3,(H,30,33)(H,31,34). The lowest BCUT2D eigenvalue weighted by Crippen LogP contribution is -2.12. The number of ether oxygens (including phenoxy) is 1. The minimum atomic E-state index is -3.65. The van der Waals surface area contributed by atoms with E-state index in [9.17, 15) is 13.2 Å². The Kier molecular flexibility index (Phi) is 7.01. The van der Waals surface area contributed by atoms with Crippen molar-refractivity contribution in [2.24, 2.45) is 0 Å². The molecule has 0 aliphatic carbocycles. The lowest BCUT2D eigenvalue weighted by Gasteiger charge is -2.13. The molecule has 1 aromatic heterocycles. The molecule has 0 bridgehead atoms. The van der Waals surface area contributed by atoms with Crippen LogP contribution in [0.4, 0.5) is 17.2 Å². The summed E-state index contributed by atoms with van der Waals surface area (Å²) in [4.78, 5) is 22.2. The van der Waals surface area contributed by atoms with Crippen molar-refractivity contribution in [3.05, 3.63) is 114 Å². The predicted octanol–water partition coefficient (Wildman–Crippen LogP) is 5.61. The number of aromatic nitrogens is 2. The van der Waals surface area contributed by atoms with Crippen molar-refractivity contribution in [3.63, 3.8) is 0 Å². The van der Waals surface area contributed by atoms with Gasteiger partial charge in [0, 0.05) is 16.9 Å². The Bertz CT molecular complexity index is 1690. The van der Waals surface area contributed by atoms with Gasteiger partial charge in [0.05, 0.1) is 28.7 Å². The van der Waals surface area contributed by atoms with Gasteiger partial charge < -0.3 is 15.4 Å². The molecule has 0 aliphatic rings. The van der Waals surface area contributed by atoms with E-state index in [0.717, 1.165) is 0 Å². The van der Waals surface area contributed by atoms with Crippen LogP contribution in [-0.4, -0.2) is 31.4 Å². The van der Waals surface area contributed by atoms with Gasteiger partial charge in [-0.3, -0.25) is 4.79 Å². The van der Waals surface area contributed by atoms with Crippen molar-refractivity contribution >= 4 is 44.0 Å². The molecule has 5 rings (SSSR count). The van der Waals surface area contributed by atoms with E-state index in [-0.39, 0.29) is 16.6 Å². The zero-order valence-corrected chi connectivity index (χ0v) is 21.3. The smallest absolute Gasteiger partial charge is 0.255 e. The Hall–Kier alpha value is -4.76. The van der Waals surface area contributed by atoms with Gasteiger partial charge in [-0.15, -0.1) is 0 Å². The highest BCUT2D eigenvalue weighted by Gasteiger charge is 2.20. The molecule has 0 spiro atoms. The Balaban J connectivity index is 1.39. The lowest BCUT2D eigenvalue weighted by molar-refractivity contribution is 0.102. The first kappa shape index (κ1) is 24.9. The first-order valence-electron chi connectivity index (χ1n) is 11.8. The first-order chi connectivity index (χ1) is 18.4. The second-order valence-corrected chi connectivity index (χ2v) is 10.5. The van der Waals surface area contributed by atoms with Crippen LogP contribution in [0.25, 0.3) is 11.0 Å². The van der Waals surface area contributed by atoms with Gasteiger partial charge in [0.25, 0.3) is 5.91 Å². The minimum absolute atomic E-state index is 0.216. The number of carbonyl (C=O) groups excluding carboxylic acids is 1. The zero-order valence-electron chi connectivity index (χ0n) is 20.5. The fraction of sp³-hybridized carbons (Fsp3) is 0.0690. The summed E-state index contributed by atoms with van der Waals surface area (Å²) >= 11 is 0. The maximum Gasteiger partial charge on any atom is 0.255 e. The van der Waals surface area contributed by atoms with Crippen molar-refractivity contribution in [3.8, 4) is 5.75 Å². The number of anilines is 3. The summed E-state index contributed by atoms with van der Waals surface area (Å²) < 4.78 is 31.3. The van der Waals surface area contributed by atoms with E-state index in [1.165, 1.54) is 0 Å². The summed E-state index contributed by atoms with van der Waals surface area (Å²) in [6.45, 7) is 0. The quantitative estimate of drug-likeness (QED) is 0.272. The topological polar surface area (TPSA) is 110 Å². The van der Waals surface area contributed by atoms with Crippen molar-refractivity contribution in [2.75, 3.05) is 17.7 Å². The number of nitrogens with zero attached hydrogens (tertiary/aromatic N) is 2. The van der Waals surface area contributed by atoms with Gasteiger partial charge >= 0.3 is 0 Å². The summed E-state index contributed by atoms with van der Waals surface area (Å²) in [5.41, 5.74) is 3.27. The van der Waals surface area contributed by atoms with Crippen molar-refractivity contribution in [1.82, 2.24) is 9.97 Å². The van der Waals surface area contributed by atoms with Crippen molar-refractivity contribution < 1.29 is 17.9 Å². The molecular formula is C29H24N4O4S. The maximum atomic E-state index is 13.1. The Morgan fingerprint density at radius 3 is 2.03 bits per heavy atom. The van der Waals surface area contributed by atoms with E-state index in [2.05, 4.69) is 20.6 Å². The van der Waals surface area contributed by atoms with Gasteiger partial charge in [0.15, 0.2) is 15.7 Å². The highest BCUT2D eigenvalue weighted by molar-refractivity contribution is 7.90. The molecule has 0 saturated carbocycles. The average Bonchev–Trinajstić information content (AvgIpc) is 2.94. The van der Waals surface area contributed by atoms with Gasteiger partial charge in [-0.25, -0.2) is 18.4 Å². The number of hydrogen-bond donors (Lipinski definition) is 2. The van der Waals surface area contributed by atoms with Gasteiger partial charge in [-0.1, -0.05) is 30.3 Å². The van der Waals surface area contributed by atoms with Crippen LogP contribution < -0.4 is 15.4 Å². The van der Waals surface area contributed by atoms with Crippen LogP contribution in [0.5, 0.6) is 5.75 Å². The normalized spacial score (nSPS) is 11.2. The number of hydrogen-bond acceptors (Lipinski definition) is 7. The summed E-state index contributed by atoms with van der Waals surface area (Å²) in [6, 6.07) is 29.4. The molecule has 2 N–H and O–H groups in total. The van der Waals surface area contributed by atoms with Crippen LogP contribution in [-0.2, 0) is 15.6 Å². The molecule has 1 heterocycles.